The van der Waals surface area contributed by atoms with Crippen LogP contribution in [0.1, 0.15) is 52.4 Å². The minimum Gasteiger partial charge on any atom is -0.392 e. The average molecular weight is 292 g/mol. The highest BCUT2D eigenvalue weighted by Gasteiger charge is 2.30. The molecule has 0 aromatic carbocycles. The van der Waals surface area contributed by atoms with Gasteiger partial charge in [-0.05, 0) is 38.0 Å². The van der Waals surface area contributed by atoms with Crippen LogP contribution in [0.25, 0.3) is 0 Å². The Bertz CT molecular complexity index is 374. The van der Waals surface area contributed by atoms with E-state index in [0.29, 0.717) is 6.42 Å². The highest BCUT2D eigenvalue weighted by Crippen LogP contribution is 2.27. The van der Waals surface area contributed by atoms with Gasteiger partial charge in [-0.25, -0.2) is 13.1 Å². The van der Waals surface area contributed by atoms with E-state index < -0.39 is 15.3 Å². The van der Waals surface area contributed by atoms with Crippen molar-refractivity contribution in [1.29, 1.82) is 0 Å². The lowest BCUT2D eigenvalue weighted by Gasteiger charge is -2.29. The van der Waals surface area contributed by atoms with Crippen molar-refractivity contribution in [3.63, 3.8) is 0 Å². The first-order chi connectivity index (χ1) is 8.40. The summed E-state index contributed by atoms with van der Waals surface area (Å²) in [4.78, 5) is 0.0623. The van der Waals surface area contributed by atoms with Crippen LogP contribution in [-0.2, 0) is 10.0 Å². The molecule has 18 heavy (non-hydrogen) atoms. The van der Waals surface area contributed by atoms with Gasteiger partial charge in [0.15, 0.2) is 0 Å². The minimum atomic E-state index is -3.41. The van der Waals surface area contributed by atoms with Gasteiger partial charge in [-0.2, -0.15) is 0 Å². The Morgan fingerprint density at radius 2 is 1.89 bits per heavy atom. The summed E-state index contributed by atoms with van der Waals surface area (Å²) in [6, 6.07) is 0.0567. The molecule has 0 amide bonds. The van der Waals surface area contributed by atoms with Gasteiger partial charge in [0.25, 0.3) is 0 Å². The van der Waals surface area contributed by atoms with E-state index in [-0.39, 0.29) is 11.0 Å². The molecule has 1 atom stereocenters. The molecule has 1 fully saturated rings. The van der Waals surface area contributed by atoms with E-state index in [1.54, 1.807) is 6.92 Å². The molecule has 0 bridgehead atoms. The summed E-state index contributed by atoms with van der Waals surface area (Å²) in [5.41, 5.74) is 5.49. The zero-order valence-electron chi connectivity index (χ0n) is 11.2. The van der Waals surface area contributed by atoms with Crippen LogP contribution in [0.2, 0.25) is 0 Å². The number of thiocarbonyl (C=S) groups is 1. The number of hydrogen-bond acceptors (Lipinski definition) is 3. The largest absolute Gasteiger partial charge is 0.392 e. The monoisotopic (exact) mass is 292 g/mol. The molecule has 1 aliphatic rings. The van der Waals surface area contributed by atoms with Crippen molar-refractivity contribution in [3.8, 4) is 0 Å². The molecule has 0 spiro atoms. The maximum absolute atomic E-state index is 12.1. The summed E-state index contributed by atoms with van der Waals surface area (Å²) in [5, 5.41) is -0.739. The fourth-order valence-corrected chi connectivity index (χ4v) is 4.73. The summed E-state index contributed by atoms with van der Waals surface area (Å²) >= 11 is 4.83. The van der Waals surface area contributed by atoms with Gasteiger partial charge in [-0.3, -0.25) is 0 Å². The molecule has 0 radical (unpaired) electrons. The Labute approximate surface area is 116 Å². The summed E-state index contributed by atoms with van der Waals surface area (Å²) in [7, 11) is -3.41. The number of sulfonamides is 1. The van der Waals surface area contributed by atoms with Crippen molar-refractivity contribution in [2.75, 3.05) is 0 Å². The van der Waals surface area contributed by atoms with Crippen molar-refractivity contribution in [3.05, 3.63) is 0 Å². The van der Waals surface area contributed by atoms with E-state index in [2.05, 4.69) is 11.6 Å². The first-order valence-corrected chi connectivity index (χ1v) is 8.66. The molecule has 1 aliphatic carbocycles. The fourth-order valence-electron chi connectivity index (χ4n) is 2.58. The number of nitrogens with one attached hydrogen (secondary N) is 1. The zero-order valence-corrected chi connectivity index (χ0v) is 12.8. The first kappa shape index (κ1) is 15.9. The molecule has 0 aromatic heterocycles. The molecular formula is C12H24N2O2S2. The summed E-state index contributed by atoms with van der Waals surface area (Å²) < 4.78 is 27.1. The molecule has 0 aromatic rings. The average Bonchev–Trinajstić information content (AvgIpc) is 2.29. The number of nitrogens with two attached hydrogens (primary N) is 1. The van der Waals surface area contributed by atoms with Gasteiger partial charge in [-0.1, -0.05) is 32.5 Å². The first-order valence-electron chi connectivity index (χ1n) is 6.71. The van der Waals surface area contributed by atoms with E-state index >= 15 is 0 Å². The fraction of sp³-hybridized carbons (Fsp3) is 0.917. The van der Waals surface area contributed by atoms with Crippen molar-refractivity contribution in [2.24, 2.45) is 11.7 Å². The van der Waals surface area contributed by atoms with Gasteiger partial charge in [0.2, 0.25) is 10.0 Å². The molecule has 4 nitrogen and oxygen atoms in total. The Morgan fingerprint density at radius 1 is 1.33 bits per heavy atom. The van der Waals surface area contributed by atoms with E-state index in [9.17, 15) is 8.42 Å². The summed E-state index contributed by atoms with van der Waals surface area (Å²) in [5.74, 6) is 0.753. The van der Waals surface area contributed by atoms with Crippen LogP contribution in [-0.4, -0.2) is 24.7 Å². The topological polar surface area (TPSA) is 72.2 Å². The van der Waals surface area contributed by atoms with Gasteiger partial charge < -0.3 is 5.73 Å². The van der Waals surface area contributed by atoms with E-state index in [1.165, 1.54) is 6.42 Å². The maximum atomic E-state index is 12.1. The number of hydrogen-bond donors (Lipinski definition) is 2. The Morgan fingerprint density at radius 3 is 2.28 bits per heavy atom. The van der Waals surface area contributed by atoms with Crippen molar-refractivity contribution in [2.45, 2.75) is 63.7 Å². The molecule has 0 heterocycles. The van der Waals surface area contributed by atoms with Gasteiger partial charge in [0, 0.05) is 6.04 Å². The highest BCUT2D eigenvalue weighted by molar-refractivity contribution is 7.93. The molecule has 1 rings (SSSR count). The van der Waals surface area contributed by atoms with Crippen LogP contribution >= 0.6 is 12.2 Å². The normalized spacial score (nSPS) is 26.8. The quantitative estimate of drug-likeness (QED) is 0.734. The van der Waals surface area contributed by atoms with Crippen LogP contribution in [0.5, 0.6) is 0 Å². The Kier molecular flexibility index (Phi) is 6.01. The molecule has 3 N–H and O–H groups in total. The van der Waals surface area contributed by atoms with Crippen molar-refractivity contribution in [1.82, 2.24) is 4.72 Å². The van der Waals surface area contributed by atoms with E-state index in [4.69, 9.17) is 18.0 Å². The SMILES string of the molecule is CCC1CCC(NS(=O)(=O)C(CC)C(N)=S)CC1. The van der Waals surface area contributed by atoms with Crippen molar-refractivity contribution < 1.29 is 8.42 Å². The van der Waals surface area contributed by atoms with Crippen LogP contribution < -0.4 is 10.5 Å². The highest BCUT2D eigenvalue weighted by atomic mass is 32.2. The van der Waals surface area contributed by atoms with E-state index in [1.807, 2.05) is 0 Å². The lowest BCUT2D eigenvalue weighted by molar-refractivity contribution is 0.306. The van der Waals surface area contributed by atoms with Gasteiger partial charge in [0.05, 0.1) is 4.99 Å². The number of rotatable bonds is 6. The molecule has 0 saturated heterocycles. The predicted octanol–water partition coefficient (Wildman–Crippen LogP) is 1.94. The van der Waals surface area contributed by atoms with Crippen LogP contribution in [0, 0.1) is 5.92 Å². The lowest BCUT2D eigenvalue weighted by atomic mass is 9.85. The van der Waals surface area contributed by atoms with Gasteiger partial charge in [0.1, 0.15) is 5.25 Å². The third kappa shape index (κ3) is 4.17. The van der Waals surface area contributed by atoms with Crippen molar-refractivity contribution >= 4 is 27.2 Å². The molecular weight excluding hydrogens is 268 g/mol. The predicted molar refractivity (Wildman–Crippen MR) is 79.0 cm³/mol. The second-order valence-corrected chi connectivity index (χ2v) is 7.45. The lowest BCUT2D eigenvalue weighted by Crippen LogP contribution is -2.46. The Hall–Kier alpha value is -0.200. The van der Waals surface area contributed by atoms with E-state index in [0.717, 1.165) is 31.6 Å². The van der Waals surface area contributed by atoms with Gasteiger partial charge >= 0.3 is 0 Å². The van der Waals surface area contributed by atoms with Crippen LogP contribution in [0.15, 0.2) is 0 Å². The minimum absolute atomic E-state index is 0.0567. The third-order valence-electron chi connectivity index (χ3n) is 3.82. The van der Waals surface area contributed by atoms with Gasteiger partial charge in [-0.15, -0.1) is 0 Å². The molecule has 0 aliphatic heterocycles. The second kappa shape index (κ2) is 6.82. The Balaban J connectivity index is 2.59. The van der Waals surface area contributed by atoms with Crippen LogP contribution in [0.3, 0.4) is 0 Å². The standard InChI is InChI=1S/C12H24N2O2S2/c1-3-9-5-7-10(8-6-9)14-18(15,16)11(4-2)12(13)17/h9-11,14H,3-8H2,1-2H3,(H2,13,17). The molecule has 1 unspecified atom stereocenters. The molecule has 1 saturated carbocycles. The summed E-state index contributed by atoms with van der Waals surface area (Å²) in [6.45, 7) is 3.98. The summed E-state index contributed by atoms with van der Waals surface area (Å²) in [6.07, 6.45) is 5.66. The second-order valence-electron chi connectivity index (χ2n) is 5.09. The molecule has 6 heteroatoms. The van der Waals surface area contributed by atoms with Crippen LogP contribution in [0.4, 0.5) is 0 Å². The zero-order chi connectivity index (χ0) is 13.8. The smallest absolute Gasteiger partial charge is 0.221 e. The maximum Gasteiger partial charge on any atom is 0.221 e. The molecule has 106 valence electrons. The third-order valence-corrected chi connectivity index (χ3v) is 6.25.